The van der Waals surface area contributed by atoms with Crippen LogP contribution in [-0.4, -0.2) is 31.7 Å². The van der Waals surface area contributed by atoms with Crippen LogP contribution in [0.3, 0.4) is 0 Å². The fraction of sp³-hybridized carbons (Fsp3) is 0.214. The first-order chi connectivity index (χ1) is 10.2. The predicted octanol–water partition coefficient (Wildman–Crippen LogP) is 2.52. The van der Waals surface area contributed by atoms with E-state index in [1.54, 1.807) is 17.8 Å². The fourth-order valence-electron chi connectivity index (χ4n) is 2.04. The largest absolute Gasteiger partial charge is 0.462 e. The molecule has 0 fully saturated rings. The molecule has 6 nitrogen and oxygen atoms in total. The molecule has 0 aliphatic rings. The molecule has 0 saturated heterocycles. The van der Waals surface area contributed by atoms with Gasteiger partial charge in [0.15, 0.2) is 0 Å². The van der Waals surface area contributed by atoms with Crippen molar-refractivity contribution < 1.29 is 9.53 Å². The van der Waals surface area contributed by atoms with Gasteiger partial charge in [-0.3, -0.25) is 9.08 Å². The molecule has 0 aliphatic carbocycles. The molecule has 108 valence electrons. The van der Waals surface area contributed by atoms with Crippen LogP contribution in [0.15, 0.2) is 41.4 Å². The van der Waals surface area contributed by atoms with Crippen molar-refractivity contribution in [3.05, 3.63) is 52.7 Å². The number of ether oxygens (including phenoxy) is 1. The highest BCUT2D eigenvalue weighted by atomic mass is 79.9. The molecule has 0 amide bonds. The van der Waals surface area contributed by atoms with Gasteiger partial charge in [-0.15, -0.1) is 0 Å². The lowest BCUT2D eigenvalue weighted by Gasteiger charge is -1.97. The zero-order chi connectivity index (χ0) is 14.8. The summed E-state index contributed by atoms with van der Waals surface area (Å²) in [5.41, 5.74) is 2.17. The van der Waals surface area contributed by atoms with E-state index in [1.807, 2.05) is 28.8 Å². The Kier molecular flexibility index (Phi) is 3.74. The molecule has 0 aromatic carbocycles. The molecule has 0 bridgehead atoms. The second kappa shape index (κ2) is 5.69. The van der Waals surface area contributed by atoms with Gasteiger partial charge < -0.3 is 4.74 Å². The maximum atomic E-state index is 11.6. The minimum Gasteiger partial charge on any atom is -0.462 e. The van der Waals surface area contributed by atoms with E-state index in [1.165, 1.54) is 6.20 Å². The molecule has 7 heteroatoms. The van der Waals surface area contributed by atoms with Gasteiger partial charge in [0.1, 0.15) is 5.65 Å². The molecule has 0 atom stereocenters. The van der Waals surface area contributed by atoms with E-state index < -0.39 is 0 Å². The number of esters is 1. The van der Waals surface area contributed by atoms with Crippen LogP contribution in [0.4, 0.5) is 0 Å². The Morgan fingerprint density at radius 3 is 3.00 bits per heavy atom. The van der Waals surface area contributed by atoms with Gasteiger partial charge in [-0.05, 0) is 35.0 Å². The first kappa shape index (κ1) is 13.8. The molecular weight excluding hydrogens is 336 g/mol. The van der Waals surface area contributed by atoms with Crippen molar-refractivity contribution in [2.45, 2.75) is 13.5 Å². The predicted molar refractivity (Wildman–Crippen MR) is 80.2 cm³/mol. The number of fused-ring (bicyclic) bond motifs is 1. The molecular formula is C14H13BrN4O2. The number of pyridine rings is 1. The van der Waals surface area contributed by atoms with Crippen molar-refractivity contribution in [2.75, 3.05) is 6.61 Å². The number of hydrogen-bond acceptors (Lipinski definition) is 4. The van der Waals surface area contributed by atoms with Gasteiger partial charge in [0.2, 0.25) is 0 Å². The van der Waals surface area contributed by atoms with Crippen LogP contribution in [0, 0.1) is 0 Å². The van der Waals surface area contributed by atoms with Crippen LogP contribution in [0.2, 0.25) is 0 Å². The molecule has 0 N–H and O–H groups in total. The standard InChI is InChI=1S/C14H13BrN4O2/c1-2-21-14(20)10-6-16-18(7-10)8-11-9-19-12(15)4-3-5-13(19)17-11/h3-7,9H,2,8H2,1H3. The van der Waals surface area contributed by atoms with Gasteiger partial charge in [0, 0.05) is 12.4 Å². The molecule has 21 heavy (non-hydrogen) atoms. The third-order valence-corrected chi connectivity index (χ3v) is 3.61. The summed E-state index contributed by atoms with van der Waals surface area (Å²) in [4.78, 5) is 16.1. The van der Waals surface area contributed by atoms with E-state index in [9.17, 15) is 4.79 Å². The van der Waals surface area contributed by atoms with Crippen LogP contribution >= 0.6 is 15.9 Å². The Labute approximate surface area is 129 Å². The van der Waals surface area contributed by atoms with E-state index in [-0.39, 0.29) is 5.97 Å². The van der Waals surface area contributed by atoms with Crippen LogP contribution in [0.5, 0.6) is 0 Å². The van der Waals surface area contributed by atoms with E-state index in [2.05, 4.69) is 26.0 Å². The van der Waals surface area contributed by atoms with Crippen LogP contribution < -0.4 is 0 Å². The van der Waals surface area contributed by atoms with Crippen LogP contribution in [0.25, 0.3) is 5.65 Å². The first-order valence-electron chi connectivity index (χ1n) is 6.49. The quantitative estimate of drug-likeness (QED) is 0.536. The van der Waals surface area contributed by atoms with E-state index >= 15 is 0 Å². The topological polar surface area (TPSA) is 61.4 Å². The Morgan fingerprint density at radius 2 is 2.24 bits per heavy atom. The third kappa shape index (κ3) is 2.82. The fourth-order valence-corrected chi connectivity index (χ4v) is 2.48. The molecule has 0 aliphatic heterocycles. The van der Waals surface area contributed by atoms with Crippen molar-refractivity contribution in [1.29, 1.82) is 0 Å². The number of rotatable bonds is 4. The van der Waals surface area contributed by atoms with Gasteiger partial charge in [-0.2, -0.15) is 5.10 Å². The Hall–Kier alpha value is -2.15. The van der Waals surface area contributed by atoms with E-state index in [0.717, 1.165) is 15.9 Å². The molecule has 3 rings (SSSR count). The average molecular weight is 349 g/mol. The number of aromatic nitrogens is 4. The number of carbonyl (C=O) groups excluding carboxylic acids is 1. The minimum absolute atomic E-state index is 0.352. The second-order valence-corrected chi connectivity index (χ2v) is 5.27. The lowest BCUT2D eigenvalue weighted by molar-refractivity contribution is 0.0526. The number of halogens is 1. The SMILES string of the molecule is CCOC(=O)c1cnn(Cc2cn3c(Br)cccc3n2)c1. The summed E-state index contributed by atoms with van der Waals surface area (Å²) in [5, 5.41) is 4.16. The minimum atomic E-state index is -0.360. The number of carbonyl (C=O) groups is 1. The Morgan fingerprint density at radius 1 is 1.38 bits per heavy atom. The second-order valence-electron chi connectivity index (χ2n) is 4.46. The van der Waals surface area contributed by atoms with E-state index in [4.69, 9.17) is 4.74 Å². The maximum Gasteiger partial charge on any atom is 0.341 e. The molecule has 0 unspecified atom stereocenters. The number of hydrogen-bond donors (Lipinski definition) is 0. The highest BCUT2D eigenvalue weighted by Crippen LogP contribution is 2.14. The lowest BCUT2D eigenvalue weighted by atomic mass is 10.4. The third-order valence-electron chi connectivity index (χ3n) is 2.96. The van der Waals surface area contributed by atoms with Gasteiger partial charge >= 0.3 is 5.97 Å². The van der Waals surface area contributed by atoms with Crippen LogP contribution in [-0.2, 0) is 11.3 Å². The summed E-state index contributed by atoms with van der Waals surface area (Å²) in [7, 11) is 0. The van der Waals surface area contributed by atoms with Crippen molar-refractivity contribution in [3.8, 4) is 0 Å². The Balaban J connectivity index is 1.82. The monoisotopic (exact) mass is 348 g/mol. The number of imidazole rings is 1. The van der Waals surface area contributed by atoms with Crippen molar-refractivity contribution in [3.63, 3.8) is 0 Å². The van der Waals surface area contributed by atoms with E-state index in [0.29, 0.717) is 18.7 Å². The summed E-state index contributed by atoms with van der Waals surface area (Å²) in [5.74, 6) is -0.360. The summed E-state index contributed by atoms with van der Waals surface area (Å²) in [6, 6.07) is 5.82. The summed E-state index contributed by atoms with van der Waals surface area (Å²) in [6.07, 6.45) is 5.10. The zero-order valence-corrected chi connectivity index (χ0v) is 12.9. The molecule has 3 aromatic heterocycles. The smallest absolute Gasteiger partial charge is 0.341 e. The zero-order valence-electron chi connectivity index (χ0n) is 11.4. The molecule has 0 radical (unpaired) electrons. The normalized spacial score (nSPS) is 11.0. The molecule has 0 saturated carbocycles. The van der Waals surface area contributed by atoms with Crippen molar-refractivity contribution in [2.24, 2.45) is 0 Å². The highest BCUT2D eigenvalue weighted by molar-refractivity contribution is 9.10. The van der Waals surface area contributed by atoms with Crippen LogP contribution in [0.1, 0.15) is 23.0 Å². The highest BCUT2D eigenvalue weighted by Gasteiger charge is 2.10. The Bertz CT molecular complexity index is 793. The van der Waals surface area contributed by atoms with Gasteiger partial charge in [-0.1, -0.05) is 6.07 Å². The number of nitrogens with zero attached hydrogens (tertiary/aromatic N) is 4. The van der Waals surface area contributed by atoms with Crippen molar-refractivity contribution in [1.82, 2.24) is 19.2 Å². The maximum absolute atomic E-state index is 11.6. The molecule has 0 spiro atoms. The first-order valence-corrected chi connectivity index (χ1v) is 7.28. The van der Waals surface area contributed by atoms with Gasteiger partial charge in [-0.25, -0.2) is 9.78 Å². The van der Waals surface area contributed by atoms with Gasteiger partial charge in [0.25, 0.3) is 0 Å². The summed E-state index contributed by atoms with van der Waals surface area (Å²) >= 11 is 3.48. The van der Waals surface area contributed by atoms with Crippen molar-refractivity contribution >= 4 is 27.5 Å². The molecule has 3 heterocycles. The summed E-state index contributed by atoms with van der Waals surface area (Å²) < 4.78 is 9.49. The average Bonchev–Trinajstić information content (AvgIpc) is 3.07. The van der Waals surface area contributed by atoms with Gasteiger partial charge in [0.05, 0.1) is 35.2 Å². The summed E-state index contributed by atoms with van der Waals surface area (Å²) in [6.45, 7) is 2.62. The molecule has 3 aromatic rings. The lowest BCUT2D eigenvalue weighted by Crippen LogP contribution is -2.04.